The van der Waals surface area contributed by atoms with Crippen LogP contribution in [0.5, 0.6) is 0 Å². The third kappa shape index (κ3) is 2.96. The molecule has 1 aromatic rings. The van der Waals surface area contributed by atoms with E-state index in [1.54, 1.807) is 13.4 Å². The first-order valence-electron chi connectivity index (χ1n) is 10.3. The standard InChI is InChI=1S/C20H30N4O3/c1-3-16(27-2)19(26)23-11-8-20(9-12-23)17-15(21-13-22-17)7-10-24(20)18(25)14-5-4-6-14/h13-14,16H,3-12H2,1-2H3,(H,21,22). The van der Waals surface area contributed by atoms with Crippen LogP contribution in [0, 0.1) is 5.92 Å². The number of aromatic nitrogens is 2. The predicted octanol–water partition coefficient (Wildman–Crippen LogP) is 1.84. The highest BCUT2D eigenvalue weighted by Crippen LogP contribution is 2.44. The van der Waals surface area contributed by atoms with Gasteiger partial charge in [0, 0.05) is 44.8 Å². The molecule has 1 unspecified atom stereocenters. The van der Waals surface area contributed by atoms with Gasteiger partial charge in [0.25, 0.3) is 5.91 Å². The molecule has 2 amide bonds. The molecule has 1 N–H and O–H groups in total. The molecule has 2 fully saturated rings. The van der Waals surface area contributed by atoms with E-state index in [1.165, 1.54) is 0 Å². The monoisotopic (exact) mass is 374 g/mol. The fourth-order valence-electron chi connectivity index (χ4n) is 4.92. The lowest BCUT2D eigenvalue weighted by molar-refractivity contribution is -0.153. The number of hydrogen-bond donors (Lipinski definition) is 1. The first kappa shape index (κ1) is 18.5. The maximum atomic E-state index is 13.2. The summed E-state index contributed by atoms with van der Waals surface area (Å²) in [5.41, 5.74) is 1.80. The molecule has 1 saturated heterocycles. The van der Waals surface area contributed by atoms with Crippen LogP contribution in [-0.4, -0.2) is 64.4 Å². The minimum absolute atomic E-state index is 0.0600. The van der Waals surface area contributed by atoms with Crippen molar-refractivity contribution in [3.05, 3.63) is 17.7 Å². The summed E-state index contributed by atoms with van der Waals surface area (Å²) in [6.45, 7) is 3.99. The Morgan fingerprint density at radius 2 is 2.07 bits per heavy atom. The number of ether oxygens (including phenoxy) is 1. The molecule has 1 atom stereocenters. The molecule has 1 spiro atoms. The van der Waals surface area contributed by atoms with Crippen LogP contribution >= 0.6 is 0 Å². The number of piperidine rings is 1. The van der Waals surface area contributed by atoms with Gasteiger partial charge in [-0.15, -0.1) is 0 Å². The second-order valence-electron chi connectivity index (χ2n) is 8.09. The van der Waals surface area contributed by atoms with Crippen LogP contribution in [0.2, 0.25) is 0 Å². The van der Waals surface area contributed by atoms with Crippen LogP contribution in [0.4, 0.5) is 0 Å². The number of nitrogens with zero attached hydrogens (tertiary/aromatic N) is 3. The minimum Gasteiger partial charge on any atom is -0.372 e. The number of fused-ring (bicyclic) bond motifs is 2. The van der Waals surface area contributed by atoms with Gasteiger partial charge in [-0.05, 0) is 32.1 Å². The Labute approximate surface area is 160 Å². The molecule has 1 saturated carbocycles. The van der Waals surface area contributed by atoms with Gasteiger partial charge in [0.15, 0.2) is 0 Å². The van der Waals surface area contributed by atoms with Gasteiger partial charge in [-0.3, -0.25) is 9.59 Å². The molecule has 1 aliphatic carbocycles. The minimum atomic E-state index is -0.376. The molecule has 7 heteroatoms. The van der Waals surface area contributed by atoms with Gasteiger partial charge >= 0.3 is 0 Å². The van der Waals surface area contributed by atoms with Crippen LogP contribution in [0.15, 0.2) is 6.33 Å². The summed E-state index contributed by atoms with van der Waals surface area (Å²) in [5.74, 6) is 0.530. The van der Waals surface area contributed by atoms with Crippen LogP contribution in [-0.2, 0) is 26.3 Å². The normalized spacial score (nSPS) is 23.0. The number of amides is 2. The van der Waals surface area contributed by atoms with E-state index in [9.17, 15) is 9.59 Å². The highest BCUT2D eigenvalue weighted by molar-refractivity contribution is 5.82. The Kier molecular flexibility index (Phi) is 4.97. The van der Waals surface area contributed by atoms with Crippen molar-refractivity contribution < 1.29 is 14.3 Å². The first-order valence-corrected chi connectivity index (χ1v) is 10.3. The Morgan fingerprint density at radius 1 is 1.33 bits per heavy atom. The zero-order chi connectivity index (χ0) is 19.0. The smallest absolute Gasteiger partial charge is 0.251 e. The van der Waals surface area contributed by atoms with Gasteiger partial charge in [0.1, 0.15) is 6.10 Å². The molecule has 7 nitrogen and oxygen atoms in total. The molecule has 2 aliphatic heterocycles. The molecule has 148 valence electrons. The fraction of sp³-hybridized carbons (Fsp3) is 0.750. The second kappa shape index (κ2) is 7.26. The zero-order valence-corrected chi connectivity index (χ0v) is 16.4. The maximum absolute atomic E-state index is 13.2. The van der Waals surface area contributed by atoms with Crippen molar-refractivity contribution in [2.75, 3.05) is 26.7 Å². The number of carbonyl (C=O) groups is 2. The van der Waals surface area contributed by atoms with E-state index in [4.69, 9.17) is 4.74 Å². The molecular formula is C20H30N4O3. The number of H-pyrrole nitrogens is 1. The molecule has 0 bridgehead atoms. The number of nitrogens with one attached hydrogen (secondary N) is 1. The van der Waals surface area contributed by atoms with Crippen LogP contribution in [0.1, 0.15) is 56.8 Å². The van der Waals surface area contributed by atoms with Crippen LogP contribution in [0.3, 0.4) is 0 Å². The van der Waals surface area contributed by atoms with Crippen molar-refractivity contribution in [1.82, 2.24) is 19.8 Å². The maximum Gasteiger partial charge on any atom is 0.251 e. The predicted molar refractivity (Wildman–Crippen MR) is 99.9 cm³/mol. The quantitative estimate of drug-likeness (QED) is 0.872. The third-order valence-electron chi connectivity index (χ3n) is 6.81. The van der Waals surface area contributed by atoms with Crippen LogP contribution < -0.4 is 0 Å². The average molecular weight is 374 g/mol. The molecule has 3 heterocycles. The van der Waals surface area contributed by atoms with Gasteiger partial charge in [-0.1, -0.05) is 13.3 Å². The fourth-order valence-corrected chi connectivity index (χ4v) is 4.92. The summed E-state index contributed by atoms with van der Waals surface area (Å²) in [6, 6.07) is 0. The molecule has 1 aromatic heterocycles. The van der Waals surface area contributed by atoms with Gasteiger partial charge < -0.3 is 19.5 Å². The van der Waals surface area contributed by atoms with Gasteiger partial charge in [-0.2, -0.15) is 0 Å². The van der Waals surface area contributed by atoms with E-state index >= 15 is 0 Å². The Hall–Kier alpha value is -1.89. The number of carbonyl (C=O) groups excluding carboxylic acids is 2. The summed E-state index contributed by atoms with van der Waals surface area (Å²) in [6.07, 6.45) is 7.54. The summed E-state index contributed by atoms with van der Waals surface area (Å²) in [4.78, 5) is 37.8. The average Bonchev–Trinajstić information content (AvgIpc) is 3.12. The van der Waals surface area contributed by atoms with E-state index < -0.39 is 0 Å². The zero-order valence-electron chi connectivity index (χ0n) is 16.4. The summed E-state index contributed by atoms with van der Waals surface area (Å²) in [5, 5.41) is 0. The van der Waals surface area contributed by atoms with E-state index in [0.717, 1.165) is 56.5 Å². The Bertz CT molecular complexity index is 700. The SMILES string of the molecule is CCC(OC)C(=O)N1CCC2(CC1)c1nc[nH]c1CCN2C(=O)C1CCC1. The van der Waals surface area contributed by atoms with Crippen molar-refractivity contribution in [1.29, 1.82) is 0 Å². The van der Waals surface area contributed by atoms with Crippen LogP contribution in [0.25, 0.3) is 0 Å². The first-order chi connectivity index (χ1) is 13.1. The lowest BCUT2D eigenvalue weighted by atomic mass is 9.76. The second-order valence-corrected chi connectivity index (χ2v) is 8.09. The van der Waals surface area contributed by atoms with Gasteiger partial charge in [0.2, 0.25) is 5.91 Å². The van der Waals surface area contributed by atoms with Crippen molar-refractivity contribution >= 4 is 11.8 Å². The summed E-state index contributed by atoms with van der Waals surface area (Å²) >= 11 is 0. The molecule has 27 heavy (non-hydrogen) atoms. The molecule has 0 radical (unpaired) electrons. The highest BCUT2D eigenvalue weighted by Gasteiger charge is 2.50. The molecular weight excluding hydrogens is 344 g/mol. The molecule has 3 aliphatic rings. The molecule has 4 rings (SSSR count). The van der Waals surface area contributed by atoms with E-state index in [-0.39, 0.29) is 29.4 Å². The topological polar surface area (TPSA) is 78.5 Å². The number of rotatable bonds is 4. The highest BCUT2D eigenvalue weighted by atomic mass is 16.5. The van der Waals surface area contributed by atoms with E-state index in [1.807, 2.05) is 11.8 Å². The third-order valence-corrected chi connectivity index (χ3v) is 6.81. The lowest BCUT2D eigenvalue weighted by Gasteiger charge is -2.52. The van der Waals surface area contributed by atoms with Crippen molar-refractivity contribution in [3.63, 3.8) is 0 Å². The van der Waals surface area contributed by atoms with Gasteiger partial charge in [-0.25, -0.2) is 4.98 Å². The van der Waals surface area contributed by atoms with Crippen molar-refractivity contribution in [3.8, 4) is 0 Å². The Morgan fingerprint density at radius 3 is 2.67 bits per heavy atom. The molecule has 0 aromatic carbocycles. The number of aromatic amines is 1. The lowest BCUT2D eigenvalue weighted by Crippen LogP contribution is -2.61. The number of hydrogen-bond acceptors (Lipinski definition) is 4. The van der Waals surface area contributed by atoms with Crippen molar-refractivity contribution in [2.45, 2.75) is 63.5 Å². The van der Waals surface area contributed by atoms with E-state index in [0.29, 0.717) is 19.5 Å². The summed E-state index contributed by atoms with van der Waals surface area (Å²) in [7, 11) is 1.59. The van der Waals surface area contributed by atoms with Gasteiger partial charge in [0.05, 0.1) is 17.6 Å². The largest absolute Gasteiger partial charge is 0.372 e. The Balaban J connectivity index is 1.57. The number of likely N-dealkylation sites (tertiary alicyclic amines) is 1. The summed E-state index contributed by atoms with van der Waals surface area (Å²) < 4.78 is 5.34. The van der Waals surface area contributed by atoms with Crippen molar-refractivity contribution in [2.24, 2.45) is 5.92 Å². The van der Waals surface area contributed by atoms with E-state index in [2.05, 4.69) is 14.9 Å². The number of methoxy groups -OCH3 is 1. The number of imidazole rings is 1.